The van der Waals surface area contributed by atoms with Crippen molar-refractivity contribution in [1.29, 1.82) is 5.26 Å². The summed E-state index contributed by atoms with van der Waals surface area (Å²) in [6, 6.07) is 9.14. The van der Waals surface area contributed by atoms with Gasteiger partial charge in [0.2, 0.25) is 29.5 Å². The number of nitrogens with zero attached hydrogens (tertiary/aromatic N) is 7. The van der Waals surface area contributed by atoms with Crippen LogP contribution in [-0.2, 0) is 46.5 Å². The Kier molecular flexibility index (Phi) is 21.6. The van der Waals surface area contributed by atoms with E-state index in [1.165, 1.54) is 34.0 Å². The number of nitrogen functional groups attached to an aromatic ring is 1. The topological polar surface area (TPSA) is 273 Å². The van der Waals surface area contributed by atoms with Gasteiger partial charge in [0.25, 0.3) is 5.88 Å². The van der Waals surface area contributed by atoms with Crippen LogP contribution < -0.4 is 37.1 Å². The number of nitrogens with two attached hydrogens (primary N) is 1. The van der Waals surface area contributed by atoms with Crippen LogP contribution in [0.25, 0.3) is 11.3 Å². The van der Waals surface area contributed by atoms with Gasteiger partial charge < -0.3 is 56.3 Å². The smallest absolute Gasteiger partial charge is 0.258 e. The van der Waals surface area contributed by atoms with Crippen LogP contribution in [0.1, 0.15) is 90.7 Å². The second-order valence-electron chi connectivity index (χ2n) is 19.5. The van der Waals surface area contributed by atoms with Crippen molar-refractivity contribution in [2.24, 2.45) is 11.3 Å². The number of aromatic nitrogens is 4. The van der Waals surface area contributed by atoms with Crippen LogP contribution in [0.15, 0.2) is 60.6 Å². The molecule has 1 unspecified atom stereocenters. The molecule has 0 spiro atoms. The number of likely N-dealkylation sites (N-methyl/N-ethyl adjacent to an activating group) is 1. The van der Waals surface area contributed by atoms with Crippen molar-refractivity contribution in [3.63, 3.8) is 0 Å². The third-order valence-electron chi connectivity index (χ3n) is 12.9. The Balaban J connectivity index is 1.10. The Hall–Kier alpha value is -6.80. The van der Waals surface area contributed by atoms with Gasteiger partial charge in [-0.3, -0.25) is 28.7 Å². The van der Waals surface area contributed by atoms with E-state index in [0.29, 0.717) is 37.3 Å². The lowest BCUT2D eigenvalue weighted by Gasteiger charge is -2.36. The predicted octanol–water partition coefficient (Wildman–Crippen LogP) is 3.08. The van der Waals surface area contributed by atoms with Crippen molar-refractivity contribution in [2.45, 2.75) is 117 Å². The highest BCUT2D eigenvalue weighted by atomic mass is 19.1. The predicted molar refractivity (Wildman–Crippen MR) is 275 cm³/mol. The van der Waals surface area contributed by atoms with Gasteiger partial charge in [-0.15, -0.1) is 0 Å². The van der Waals surface area contributed by atoms with E-state index in [-0.39, 0.29) is 111 Å². The number of amides is 5. The lowest BCUT2D eigenvalue weighted by atomic mass is 9.85. The standard InChI is InChI=1S/C52H74FN13O8/c1-10-15-35(53)26-37-33(4)74-49-46(55)59-29-40(61-49)44-39(28-54)63-66(42(44)31-64(9)50(37)70)21-19-58-43(67)18-22-72-24-25-73-23-20-57-36-27-41(48(69)60-38(11-2)34-16-13-12-14-17-34)65(30-36)51(71)45(52(5,6)7)62-47(68)32(3)56-8/h10,12-17,26,29,32-33,36-38,41,45,56-57H,11,18-25,27,30-31H2,1-9H3,(H2,55,59)(H,58,67)(H,60,69)(H,62,68)/b15-10-,35-26+/t32-,33+,36-,37?,38+,41-,45+/m0/s1. The molecule has 402 valence electrons. The van der Waals surface area contributed by atoms with Gasteiger partial charge in [-0.1, -0.05) is 64.1 Å². The maximum atomic E-state index is 14.8. The molecule has 21 nitrogen and oxygen atoms in total. The van der Waals surface area contributed by atoms with E-state index >= 15 is 0 Å². The van der Waals surface area contributed by atoms with Crippen molar-refractivity contribution in [3.05, 3.63) is 77.5 Å². The number of nitrogens with one attached hydrogen (secondary N) is 5. The number of nitriles is 1. The minimum Gasteiger partial charge on any atom is -0.471 e. The molecule has 0 radical (unpaired) electrons. The lowest BCUT2D eigenvalue weighted by molar-refractivity contribution is -0.144. The van der Waals surface area contributed by atoms with E-state index in [4.69, 9.17) is 19.9 Å². The van der Waals surface area contributed by atoms with Crippen LogP contribution in [0.3, 0.4) is 0 Å². The number of likely N-dealkylation sites (tertiary alicyclic amines) is 1. The first kappa shape index (κ1) is 58.1. The van der Waals surface area contributed by atoms with Gasteiger partial charge in [0.05, 0.1) is 80.7 Å². The number of ether oxygens (including phenoxy) is 3. The zero-order chi connectivity index (χ0) is 54.1. The summed E-state index contributed by atoms with van der Waals surface area (Å²) in [5, 5.41) is 29.9. The maximum Gasteiger partial charge on any atom is 0.258 e. The van der Waals surface area contributed by atoms with Crippen LogP contribution in [0.2, 0.25) is 0 Å². The molecule has 7 atom stereocenters. The number of halogens is 1. The minimum atomic E-state index is -1.08. The molecule has 7 N–H and O–H groups in total. The lowest BCUT2D eigenvalue weighted by Crippen LogP contribution is -2.59. The first-order valence-corrected chi connectivity index (χ1v) is 25.1. The number of hydrogen-bond acceptors (Lipinski definition) is 15. The summed E-state index contributed by atoms with van der Waals surface area (Å²) in [7, 11) is 3.23. The van der Waals surface area contributed by atoms with Crippen molar-refractivity contribution in [2.75, 3.05) is 65.9 Å². The summed E-state index contributed by atoms with van der Waals surface area (Å²) in [6.07, 6.45) is 5.48. The molecule has 1 fully saturated rings. The molecule has 74 heavy (non-hydrogen) atoms. The van der Waals surface area contributed by atoms with Gasteiger partial charge in [-0.05, 0) is 63.8 Å². The molecule has 3 aromatic rings. The van der Waals surface area contributed by atoms with Crippen LogP contribution >= 0.6 is 0 Å². The summed E-state index contributed by atoms with van der Waals surface area (Å²) in [5.74, 6) is -3.51. The van der Waals surface area contributed by atoms with Crippen molar-refractivity contribution in [3.8, 4) is 23.2 Å². The van der Waals surface area contributed by atoms with E-state index < -0.39 is 47.3 Å². The second kappa shape index (κ2) is 27.5. The van der Waals surface area contributed by atoms with Crippen LogP contribution in [0.4, 0.5) is 10.2 Å². The molecule has 2 aromatic heterocycles. The second-order valence-corrected chi connectivity index (χ2v) is 19.5. The van der Waals surface area contributed by atoms with E-state index in [2.05, 4.69) is 47.7 Å². The number of hydrogen-bond donors (Lipinski definition) is 6. The fraction of sp³-hybridized carbons (Fsp3) is 0.558. The van der Waals surface area contributed by atoms with E-state index in [1.807, 2.05) is 58.0 Å². The van der Waals surface area contributed by atoms with Crippen molar-refractivity contribution < 1.29 is 42.6 Å². The first-order valence-electron chi connectivity index (χ1n) is 25.1. The van der Waals surface area contributed by atoms with Gasteiger partial charge in [0, 0.05) is 39.1 Å². The number of fused-ring (bicyclic) bond motifs is 4. The molecule has 0 saturated carbocycles. The summed E-state index contributed by atoms with van der Waals surface area (Å²) >= 11 is 0. The monoisotopic (exact) mass is 1030 g/mol. The highest BCUT2D eigenvalue weighted by molar-refractivity contribution is 5.94. The Labute approximate surface area is 433 Å². The highest BCUT2D eigenvalue weighted by Crippen LogP contribution is 2.33. The number of carbonyl (C=O) groups is 5. The van der Waals surface area contributed by atoms with E-state index in [9.17, 15) is 33.6 Å². The van der Waals surface area contributed by atoms with Gasteiger partial charge >= 0.3 is 0 Å². The molecule has 1 saturated heterocycles. The Bertz CT molecular complexity index is 2510. The Morgan fingerprint density at radius 2 is 1.80 bits per heavy atom. The molecule has 0 aliphatic carbocycles. The molecule has 2 aliphatic heterocycles. The van der Waals surface area contributed by atoms with Gasteiger partial charge in [-0.25, -0.2) is 14.4 Å². The van der Waals surface area contributed by atoms with Gasteiger partial charge in [0.1, 0.15) is 30.1 Å². The fourth-order valence-electron chi connectivity index (χ4n) is 8.65. The van der Waals surface area contributed by atoms with Gasteiger partial charge in [0.15, 0.2) is 11.5 Å². The normalized spacial score (nSPS) is 19.4. The highest BCUT2D eigenvalue weighted by Gasteiger charge is 2.45. The summed E-state index contributed by atoms with van der Waals surface area (Å²) < 4.78 is 33.8. The van der Waals surface area contributed by atoms with E-state index in [0.717, 1.165) is 5.56 Å². The van der Waals surface area contributed by atoms with Crippen LogP contribution in [-0.4, -0.2) is 150 Å². The molecule has 2 aliphatic rings. The minimum absolute atomic E-state index is 0.00860. The van der Waals surface area contributed by atoms with Gasteiger partial charge in [-0.2, -0.15) is 10.4 Å². The quantitative estimate of drug-likeness (QED) is 0.0589. The zero-order valence-corrected chi connectivity index (χ0v) is 44.1. The van der Waals surface area contributed by atoms with E-state index in [1.54, 1.807) is 39.8 Å². The summed E-state index contributed by atoms with van der Waals surface area (Å²) in [6.45, 7) is 14.5. The Morgan fingerprint density at radius 3 is 2.46 bits per heavy atom. The molecule has 1 aromatic carbocycles. The third-order valence-corrected chi connectivity index (χ3v) is 12.9. The number of anilines is 1. The zero-order valence-electron chi connectivity index (χ0n) is 44.1. The van der Waals surface area contributed by atoms with Crippen LogP contribution in [0, 0.1) is 22.7 Å². The molecular formula is C52H74FN13O8. The molecule has 22 heteroatoms. The average molecular weight is 1030 g/mol. The molecule has 2 bridgehead atoms. The average Bonchev–Trinajstić information content (AvgIpc) is 3.96. The fourth-order valence-corrected chi connectivity index (χ4v) is 8.65. The molecule has 5 amide bonds. The molecule has 5 rings (SSSR count). The number of carbonyl (C=O) groups excluding carboxylic acids is 5. The SMILES string of the molecule is C/C=C\C(F)=C/C1C(=O)N(C)Cc2c(c(C#N)nn2CCNC(=O)CCOCCOCCN[C@H]2C[C@@H](C(=O)N[C@H](CC)c3ccccc3)N(C(=O)[C@@H](NC(=O)[C@H](C)NC)C(C)(C)C)C2)-c2cnc(N)c(n2)O[C@@H]1C. The van der Waals surface area contributed by atoms with Crippen molar-refractivity contribution in [1.82, 2.24) is 56.1 Å². The first-order chi connectivity index (χ1) is 35.3. The summed E-state index contributed by atoms with van der Waals surface area (Å²) in [5.41, 5.74) is 7.41. The van der Waals surface area contributed by atoms with Crippen molar-refractivity contribution >= 4 is 35.4 Å². The largest absolute Gasteiger partial charge is 0.471 e. The Morgan fingerprint density at radius 1 is 1.08 bits per heavy atom. The van der Waals surface area contributed by atoms with Crippen LogP contribution in [0.5, 0.6) is 5.88 Å². The third kappa shape index (κ3) is 15.6. The molecule has 4 heterocycles. The number of rotatable bonds is 23. The number of allylic oxidation sites excluding steroid dienone is 3. The molecular weight excluding hydrogens is 954 g/mol. The number of benzene rings is 1. The maximum absolute atomic E-state index is 14.8. The summed E-state index contributed by atoms with van der Waals surface area (Å²) in [4.78, 5) is 79.9.